The molecule has 3 aromatic rings. The van der Waals surface area contributed by atoms with Crippen molar-refractivity contribution < 1.29 is 13.5 Å². The minimum atomic E-state index is -1.02. The van der Waals surface area contributed by atoms with Crippen LogP contribution in [0.3, 0.4) is 0 Å². The first kappa shape index (κ1) is 20.8. The van der Waals surface area contributed by atoms with Crippen LogP contribution in [-0.4, -0.2) is 11.5 Å². The van der Waals surface area contributed by atoms with Gasteiger partial charge in [0, 0.05) is 35.4 Å². The third-order valence-corrected chi connectivity index (χ3v) is 5.84. The number of fused-ring (bicyclic) bond motifs is 1. The Hall–Kier alpha value is -2.41. The van der Waals surface area contributed by atoms with E-state index in [2.05, 4.69) is 10.3 Å². The third kappa shape index (κ3) is 3.95. The van der Waals surface area contributed by atoms with Gasteiger partial charge in [-0.1, -0.05) is 35.3 Å². The topological polar surface area (TPSA) is 60.2 Å². The number of benzene rings is 2. The number of nitrogens with zero attached hydrogens (tertiary/aromatic N) is 1. The first-order chi connectivity index (χ1) is 14.3. The summed E-state index contributed by atoms with van der Waals surface area (Å²) in [5.41, 5.74) is 9.53. The van der Waals surface area contributed by atoms with Crippen LogP contribution in [0.5, 0.6) is 5.75 Å². The molecule has 30 heavy (non-hydrogen) atoms. The zero-order chi connectivity index (χ0) is 21.4. The van der Waals surface area contributed by atoms with Crippen molar-refractivity contribution in [2.24, 2.45) is 0 Å². The van der Waals surface area contributed by atoms with Crippen LogP contribution < -0.4 is 15.8 Å². The third-order valence-electron chi connectivity index (χ3n) is 5.12. The Labute approximate surface area is 183 Å². The van der Waals surface area contributed by atoms with Crippen LogP contribution in [0.25, 0.3) is 11.1 Å². The maximum Gasteiger partial charge on any atom is 0.166 e. The van der Waals surface area contributed by atoms with E-state index in [1.807, 2.05) is 12.1 Å². The maximum absolute atomic E-state index is 14.1. The second-order valence-corrected chi connectivity index (χ2v) is 7.92. The molecule has 0 amide bonds. The fourth-order valence-corrected chi connectivity index (χ4v) is 4.24. The van der Waals surface area contributed by atoms with E-state index >= 15 is 0 Å². The van der Waals surface area contributed by atoms with Gasteiger partial charge in [0.15, 0.2) is 11.6 Å². The molecule has 0 fully saturated rings. The first-order valence-corrected chi connectivity index (χ1v) is 10.1. The average Bonchev–Trinajstić information content (AvgIpc) is 2.72. The molecule has 2 aromatic carbocycles. The lowest BCUT2D eigenvalue weighted by molar-refractivity contribution is 0.227. The number of aromatic nitrogens is 1. The van der Waals surface area contributed by atoms with Crippen molar-refractivity contribution in [3.63, 3.8) is 0 Å². The van der Waals surface area contributed by atoms with Gasteiger partial charge < -0.3 is 15.8 Å². The van der Waals surface area contributed by atoms with E-state index in [4.69, 9.17) is 33.7 Å². The predicted octanol–water partition coefficient (Wildman–Crippen LogP) is 6.03. The molecule has 0 spiro atoms. The molecule has 156 valence electrons. The Bertz CT molecular complexity index is 1110. The number of nitrogen functional groups attached to an aromatic ring is 1. The monoisotopic (exact) mass is 449 g/mol. The number of ether oxygens (including phenoxy) is 1. The molecule has 2 atom stereocenters. The molecule has 0 radical (unpaired) electrons. The quantitative estimate of drug-likeness (QED) is 0.477. The van der Waals surface area contributed by atoms with Crippen molar-refractivity contribution >= 4 is 29.0 Å². The van der Waals surface area contributed by atoms with Gasteiger partial charge in [-0.05, 0) is 47.9 Å². The summed E-state index contributed by atoms with van der Waals surface area (Å²) in [7, 11) is 0. The number of nitrogens with one attached hydrogen (secondary N) is 1. The van der Waals surface area contributed by atoms with Gasteiger partial charge in [0.25, 0.3) is 0 Å². The lowest BCUT2D eigenvalue weighted by Gasteiger charge is -2.22. The number of anilines is 1. The van der Waals surface area contributed by atoms with Crippen molar-refractivity contribution in [2.45, 2.75) is 25.7 Å². The molecule has 0 saturated heterocycles. The summed E-state index contributed by atoms with van der Waals surface area (Å²) in [6.45, 7) is 2.62. The van der Waals surface area contributed by atoms with Crippen LogP contribution >= 0.6 is 23.2 Å². The molecule has 3 N–H and O–H groups in total. The standard InChI is InChI=1S/C22H19Cl2F2N3O/c1-11(20-16(23)4-5-17(25)21(20)24)30-19-7-13(9-29-22(19)27)12-2-3-15-14(6-12)8-28-10-18(15)26/h2-7,9,11,18,28H,8,10H2,1H3,(H2,27,29). The molecule has 1 aliphatic heterocycles. The molecular weight excluding hydrogens is 431 g/mol. The van der Waals surface area contributed by atoms with Gasteiger partial charge in [0.2, 0.25) is 0 Å². The molecule has 2 unspecified atom stereocenters. The van der Waals surface area contributed by atoms with Crippen LogP contribution in [0, 0.1) is 5.82 Å². The van der Waals surface area contributed by atoms with E-state index in [-0.39, 0.29) is 10.8 Å². The van der Waals surface area contributed by atoms with E-state index in [1.54, 1.807) is 25.3 Å². The minimum Gasteiger partial charge on any atom is -0.482 e. The van der Waals surface area contributed by atoms with Gasteiger partial charge in [-0.15, -0.1) is 0 Å². The second kappa shape index (κ2) is 8.38. The Morgan fingerprint density at radius 1 is 1.20 bits per heavy atom. The number of alkyl halides is 1. The molecule has 4 nitrogen and oxygen atoms in total. The number of rotatable bonds is 4. The summed E-state index contributed by atoms with van der Waals surface area (Å²) in [6, 6.07) is 9.93. The van der Waals surface area contributed by atoms with Crippen LogP contribution in [0.4, 0.5) is 14.6 Å². The van der Waals surface area contributed by atoms with E-state index in [9.17, 15) is 8.78 Å². The number of halogens is 4. The number of nitrogens with two attached hydrogens (primary N) is 1. The Kier molecular flexibility index (Phi) is 5.82. The van der Waals surface area contributed by atoms with Crippen LogP contribution in [0.1, 0.15) is 35.9 Å². The summed E-state index contributed by atoms with van der Waals surface area (Å²) >= 11 is 12.3. The summed E-state index contributed by atoms with van der Waals surface area (Å²) < 4.78 is 33.9. The fourth-order valence-electron chi connectivity index (χ4n) is 3.56. The molecule has 4 rings (SSSR count). The van der Waals surface area contributed by atoms with Gasteiger partial charge in [-0.3, -0.25) is 0 Å². The maximum atomic E-state index is 14.1. The number of hydrogen-bond acceptors (Lipinski definition) is 4. The highest BCUT2D eigenvalue weighted by Gasteiger charge is 2.21. The SMILES string of the molecule is CC(Oc1cc(-c2ccc3c(c2)CNCC3F)cnc1N)c1c(Cl)ccc(F)c1Cl. The average molecular weight is 450 g/mol. The summed E-state index contributed by atoms with van der Waals surface area (Å²) in [6.07, 6.45) is -0.0622. The van der Waals surface area contributed by atoms with Crippen molar-refractivity contribution in [3.05, 3.63) is 75.1 Å². The van der Waals surface area contributed by atoms with Crippen LogP contribution in [-0.2, 0) is 6.54 Å². The molecule has 0 saturated carbocycles. The highest BCUT2D eigenvalue weighted by Crippen LogP contribution is 2.37. The van der Waals surface area contributed by atoms with E-state index < -0.39 is 18.1 Å². The molecule has 1 aliphatic rings. The van der Waals surface area contributed by atoms with Crippen molar-refractivity contribution in [1.82, 2.24) is 10.3 Å². The smallest absolute Gasteiger partial charge is 0.166 e. The van der Waals surface area contributed by atoms with Gasteiger partial charge in [-0.2, -0.15) is 0 Å². The highest BCUT2D eigenvalue weighted by atomic mass is 35.5. The van der Waals surface area contributed by atoms with E-state index in [1.165, 1.54) is 12.1 Å². The molecule has 2 heterocycles. The number of hydrogen-bond donors (Lipinski definition) is 2. The van der Waals surface area contributed by atoms with Gasteiger partial charge in [0.1, 0.15) is 18.1 Å². The Balaban J connectivity index is 1.66. The molecule has 8 heteroatoms. The Morgan fingerprint density at radius 3 is 2.80 bits per heavy atom. The van der Waals surface area contributed by atoms with E-state index in [0.717, 1.165) is 16.7 Å². The van der Waals surface area contributed by atoms with Crippen LogP contribution in [0.15, 0.2) is 42.6 Å². The molecular formula is C22H19Cl2F2N3O. The molecule has 1 aromatic heterocycles. The lowest BCUT2D eigenvalue weighted by Crippen LogP contribution is -2.25. The van der Waals surface area contributed by atoms with Gasteiger partial charge >= 0.3 is 0 Å². The fraction of sp³-hybridized carbons (Fsp3) is 0.227. The van der Waals surface area contributed by atoms with Crippen molar-refractivity contribution in [2.75, 3.05) is 12.3 Å². The normalized spacial score (nSPS) is 16.8. The molecule has 0 bridgehead atoms. The second-order valence-electron chi connectivity index (χ2n) is 7.14. The van der Waals surface area contributed by atoms with Gasteiger partial charge in [0.05, 0.1) is 5.02 Å². The molecule has 0 aliphatic carbocycles. The first-order valence-electron chi connectivity index (χ1n) is 9.38. The highest BCUT2D eigenvalue weighted by molar-refractivity contribution is 6.36. The zero-order valence-electron chi connectivity index (χ0n) is 16.1. The minimum absolute atomic E-state index is 0.0966. The van der Waals surface area contributed by atoms with Crippen molar-refractivity contribution in [3.8, 4) is 16.9 Å². The lowest BCUT2D eigenvalue weighted by atomic mass is 9.95. The van der Waals surface area contributed by atoms with Gasteiger partial charge in [-0.25, -0.2) is 13.8 Å². The summed E-state index contributed by atoms with van der Waals surface area (Å²) in [4.78, 5) is 4.21. The van der Waals surface area contributed by atoms with Crippen molar-refractivity contribution in [1.29, 1.82) is 0 Å². The summed E-state index contributed by atoms with van der Waals surface area (Å²) in [5.74, 6) is -0.0893. The van der Waals surface area contributed by atoms with Crippen LogP contribution in [0.2, 0.25) is 10.0 Å². The zero-order valence-corrected chi connectivity index (χ0v) is 17.6. The Morgan fingerprint density at radius 2 is 2.00 bits per heavy atom. The van der Waals surface area contributed by atoms with E-state index in [0.29, 0.717) is 35.0 Å². The number of pyridine rings is 1. The predicted molar refractivity (Wildman–Crippen MR) is 115 cm³/mol. The summed E-state index contributed by atoms with van der Waals surface area (Å²) in [5, 5.41) is 3.25. The largest absolute Gasteiger partial charge is 0.482 e.